The molecule has 1 aliphatic heterocycles. The van der Waals surface area contributed by atoms with Crippen molar-refractivity contribution in [2.45, 2.75) is 50.6 Å². The zero-order valence-electron chi connectivity index (χ0n) is 15.1. The molecule has 1 atom stereocenters. The van der Waals surface area contributed by atoms with Crippen molar-refractivity contribution in [2.75, 3.05) is 18.4 Å². The highest BCUT2D eigenvalue weighted by Crippen LogP contribution is 2.26. The highest BCUT2D eigenvalue weighted by Gasteiger charge is 2.27. The minimum absolute atomic E-state index is 0. The van der Waals surface area contributed by atoms with E-state index in [1.807, 2.05) is 0 Å². The molecule has 1 aromatic rings. The largest absolute Gasteiger partial charge is 0.366 e. The summed E-state index contributed by atoms with van der Waals surface area (Å²) in [6, 6.07) is 4.59. The normalized spacial score (nSPS) is 21.1. The third-order valence-corrected chi connectivity index (χ3v) is 5.04. The SMILES string of the molecule is Cl.Cl.O=C(NO)/C(F)=C\c1ccc(N[C@@H]2CCCN(C3CCCC3)C2)nc1. The quantitative estimate of drug-likeness (QED) is 0.385. The molecule has 0 aromatic carbocycles. The molecular formula is C18H27Cl2FN4O2. The van der Waals surface area contributed by atoms with Crippen LogP contribution in [0.2, 0.25) is 0 Å². The highest BCUT2D eigenvalue weighted by atomic mass is 35.5. The van der Waals surface area contributed by atoms with Crippen LogP contribution in [0.5, 0.6) is 0 Å². The van der Waals surface area contributed by atoms with E-state index < -0.39 is 11.7 Å². The van der Waals surface area contributed by atoms with Crippen molar-refractivity contribution in [3.63, 3.8) is 0 Å². The van der Waals surface area contributed by atoms with Crippen molar-refractivity contribution in [1.82, 2.24) is 15.4 Å². The number of nitrogens with zero attached hydrogens (tertiary/aromatic N) is 2. The number of rotatable bonds is 5. The topological polar surface area (TPSA) is 77.5 Å². The van der Waals surface area contributed by atoms with Gasteiger partial charge < -0.3 is 5.32 Å². The Morgan fingerprint density at radius 1 is 1.22 bits per heavy atom. The third-order valence-electron chi connectivity index (χ3n) is 5.04. The van der Waals surface area contributed by atoms with E-state index in [1.54, 1.807) is 12.1 Å². The fourth-order valence-corrected chi connectivity index (χ4v) is 3.78. The summed E-state index contributed by atoms with van der Waals surface area (Å²) in [5.74, 6) is -1.48. The van der Waals surface area contributed by atoms with Crippen molar-refractivity contribution >= 4 is 42.6 Å². The standard InChI is InChI=1S/C18H25FN4O2.2ClH/c19-16(18(24)22-25)10-13-7-8-17(20-11-13)21-14-4-3-9-23(12-14)15-5-1-2-6-15;;/h7-8,10-11,14-15,25H,1-6,9,12H2,(H,20,21)(H,22,24);2*1H/b16-10+;;/t14-;;/m1../s1. The molecule has 3 rings (SSSR count). The zero-order valence-corrected chi connectivity index (χ0v) is 16.7. The van der Waals surface area contributed by atoms with Crippen LogP contribution in [0.15, 0.2) is 24.2 Å². The first-order valence-corrected chi connectivity index (χ1v) is 8.94. The summed E-state index contributed by atoms with van der Waals surface area (Å²) < 4.78 is 13.4. The maximum atomic E-state index is 13.4. The Kier molecular flexibility index (Phi) is 10.0. The highest BCUT2D eigenvalue weighted by molar-refractivity contribution is 5.94. The number of nitrogens with one attached hydrogen (secondary N) is 2. The lowest BCUT2D eigenvalue weighted by Crippen LogP contribution is -2.46. The Labute approximate surface area is 171 Å². The molecule has 1 saturated carbocycles. The Morgan fingerprint density at radius 3 is 2.59 bits per heavy atom. The summed E-state index contributed by atoms with van der Waals surface area (Å²) in [7, 11) is 0. The first-order valence-electron chi connectivity index (χ1n) is 8.94. The van der Waals surface area contributed by atoms with Crippen molar-refractivity contribution in [1.29, 1.82) is 0 Å². The second kappa shape index (κ2) is 11.4. The van der Waals surface area contributed by atoms with Gasteiger partial charge in [-0.3, -0.25) is 14.9 Å². The monoisotopic (exact) mass is 420 g/mol. The summed E-state index contributed by atoms with van der Waals surface area (Å²) in [6.45, 7) is 2.23. The van der Waals surface area contributed by atoms with Gasteiger partial charge in [0, 0.05) is 24.8 Å². The lowest BCUT2D eigenvalue weighted by Gasteiger charge is -2.37. The Balaban J connectivity index is 0.00000182. The maximum Gasteiger partial charge on any atom is 0.303 e. The molecule has 0 unspecified atom stereocenters. The van der Waals surface area contributed by atoms with Gasteiger partial charge in [0.05, 0.1) is 0 Å². The number of anilines is 1. The number of carbonyl (C=O) groups excluding carboxylic acids is 1. The van der Waals surface area contributed by atoms with E-state index in [-0.39, 0.29) is 24.8 Å². The van der Waals surface area contributed by atoms with Gasteiger partial charge in [0.1, 0.15) is 5.82 Å². The van der Waals surface area contributed by atoms with Gasteiger partial charge >= 0.3 is 5.91 Å². The number of aromatic nitrogens is 1. The van der Waals surface area contributed by atoms with E-state index in [4.69, 9.17) is 5.21 Å². The number of hydroxylamine groups is 1. The van der Waals surface area contributed by atoms with Crippen LogP contribution in [-0.4, -0.2) is 46.2 Å². The molecule has 3 N–H and O–H groups in total. The molecule has 1 aromatic heterocycles. The van der Waals surface area contributed by atoms with Gasteiger partial charge in [0.25, 0.3) is 0 Å². The van der Waals surface area contributed by atoms with Gasteiger partial charge in [-0.05, 0) is 56.0 Å². The number of likely N-dealkylation sites (tertiary alicyclic amines) is 1. The van der Waals surface area contributed by atoms with Crippen molar-refractivity contribution in [3.05, 3.63) is 29.7 Å². The number of hydrogen-bond acceptors (Lipinski definition) is 5. The van der Waals surface area contributed by atoms with Crippen LogP contribution in [-0.2, 0) is 4.79 Å². The van der Waals surface area contributed by atoms with E-state index in [0.717, 1.165) is 30.9 Å². The zero-order chi connectivity index (χ0) is 17.6. The molecular weight excluding hydrogens is 394 g/mol. The van der Waals surface area contributed by atoms with Crippen LogP contribution in [0.4, 0.5) is 10.2 Å². The molecule has 152 valence electrons. The fourth-order valence-electron chi connectivity index (χ4n) is 3.78. The van der Waals surface area contributed by atoms with Crippen LogP contribution >= 0.6 is 24.8 Å². The molecule has 1 saturated heterocycles. The molecule has 2 heterocycles. The van der Waals surface area contributed by atoms with Gasteiger partial charge in [-0.25, -0.2) is 14.9 Å². The van der Waals surface area contributed by atoms with Crippen LogP contribution < -0.4 is 10.8 Å². The number of halogens is 3. The smallest absolute Gasteiger partial charge is 0.303 e. The van der Waals surface area contributed by atoms with E-state index in [2.05, 4.69) is 15.2 Å². The summed E-state index contributed by atoms with van der Waals surface area (Å²) in [5.41, 5.74) is 1.72. The first kappa shape index (κ1) is 23.6. The second-order valence-electron chi connectivity index (χ2n) is 6.83. The first-order chi connectivity index (χ1) is 12.2. The molecule has 0 radical (unpaired) electrons. The summed E-state index contributed by atoms with van der Waals surface area (Å²) >= 11 is 0. The number of carbonyl (C=O) groups is 1. The van der Waals surface area contributed by atoms with E-state index in [1.165, 1.54) is 50.3 Å². The minimum atomic E-state index is -1.17. The third kappa shape index (κ3) is 6.60. The number of amides is 1. The predicted molar refractivity (Wildman–Crippen MR) is 108 cm³/mol. The van der Waals surface area contributed by atoms with E-state index in [0.29, 0.717) is 11.6 Å². The summed E-state index contributed by atoms with van der Waals surface area (Å²) in [5, 5.41) is 11.9. The number of piperidine rings is 1. The maximum absolute atomic E-state index is 13.4. The van der Waals surface area contributed by atoms with Crippen molar-refractivity contribution in [3.8, 4) is 0 Å². The number of pyridine rings is 1. The molecule has 0 bridgehead atoms. The molecule has 27 heavy (non-hydrogen) atoms. The fraction of sp³-hybridized carbons (Fsp3) is 0.556. The molecule has 1 amide bonds. The van der Waals surface area contributed by atoms with Gasteiger partial charge in [0.2, 0.25) is 0 Å². The molecule has 1 aliphatic carbocycles. The van der Waals surface area contributed by atoms with Gasteiger partial charge in [-0.1, -0.05) is 12.8 Å². The Hall–Kier alpha value is -1.41. The Bertz CT molecular complexity index is 624. The summed E-state index contributed by atoms with van der Waals surface area (Å²) in [4.78, 5) is 17.8. The van der Waals surface area contributed by atoms with E-state index >= 15 is 0 Å². The Morgan fingerprint density at radius 2 is 1.96 bits per heavy atom. The minimum Gasteiger partial charge on any atom is -0.366 e. The van der Waals surface area contributed by atoms with Gasteiger partial charge in [-0.15, -0.1) is 24.8 Å². The molecule has 6 nitrogen and oxygen atoms in total. The molecule has 0 spiro atoms. The van der Waals surface area contributed by atoms with E-state index in [9.17, 15) is 9.18 Å². The average molecular weight is 421 g/mol. The van der Waals surface area contributed by atoms with Crippen molar-refractivity contribution < 1.29 is 14.4 Å². The second-order valence-corrected chi connectivity index (χ2v) is 6.83. The van der Waals surface area contributed by atoms with Gasteiger partial charge in [-0.2, -0.15) is 0 Å². The predicted octanol–water partition coefficient (Wildman–Crippen LogP) is 3.56. The number of hydrogen-bond donors (Lipinski definition) is 3. The summed E-state index contributed by atoms with van der Waals surface area (Å²) in [6.07, 6.45) is 10.2. The van der Waals surface area contributed by atoms with Gasteiger partial charge in [0.15, 0.2) is 5.83 Å². The lowest BCUT2D eigenvalue weighted by molar-refractivity contribution is -0.126. The van der Waals surface area contributed by atoms with Crippen molar-refractivity contribution in [2.24, 2.45) is 0 Å². The lowest BCUT2D eigenvalue weighted by atomic mass is 10.0. The average Bonchev–Trinajstić information content (AvgIpc) is 3.17. The van der Waals surface area contributed by atoms with Crippen LogP contribution in [0.3, 0.4) is 0 Å². The van der Waals surface area contributed by atoms with Crippen LogP contribution in [0.1, 0.15) is 44.1 Å². The molecule has 2 aliphatic rings. The van der Waals surface area contributed by atoms with Crippen LogP contribution in [0.25, 0.3) is 6.08 Å². The molecule has 2 fully saturated rings. The van der Waals surface area contributed by atoms with Crippen LogP contribution in [0, 0.1) is 0 Å². The molecule has 9 heteroatoms.